The molecule has 2 N–H and O–H groups in total. The van der Waals surface area contributed by atoms with Crippen LogP contribution in [-0.4, -0.2) is 35.3 Å². The van der Waals surface area contributed by atoms with E-state index in [0.29, 0.717) is 17.9 Å². The monoisotopic (exact) mass is 294 g/mol. The van der Waals surface area contributed by atoms with Crippen molar-refractivity contribution in [2.45, 2.75) is 46.6 Å². The molecule has 0 atom stereocenters. The number of nitrogens with one attached hydrogen (secondary N) is 1. The predicted octanol–water partition coefficient (Wildman–Crippen LogP) is 2.40. The summed E-state index contributed by atoms with van der Waals surface area (Å²) in [6.07, 6.45) is 4.77. The summed E-state index contributed by atoms with van der Waals surface area (Å²) in [5.41, 5.74) is 0.210. The van der Waals surface area contributed by atoms with Crippen LogP contribution in [0.15, 0.2) is 18.5 Å². The Morgan fingerprint density at radius 3 is 2.57 bits per heavy atom. The highest BCUT2D eigenvalue weighted by Crippen LogP contribution is 2.24. The molecule has 1 aromatic heterocycles. The first-order valence-corrected chi connectivity index (χ1v) is 7.47. The van der Waals surface area contributed by atoms with Gasteiger partial charge in [-0.15, -0.1) is 0 Å². The van der Waals surface area contributed by atoms with Crippen LogP contribution in [0.1, 0.15) is 50.9 Å². The van der Waals surface area contributed by atoms with E-state index in [1.807, 2.05) is 27.7 Å². The van der Waals surface area contributed by atoms with Crippen molar-refractivity contribution in [3.63, 3.8) is 0 Å². The number of amides is 1. The van der Waals surface area contributed by atoms with Crippen LogP contribution in [0.5, 0.6) is 5.75 Å². The summed E-state index contributed by atoms with van der Waals surface area (Å²) < 4.78 is 5.53. The lowest BCUT2D eigenvalue weighted by Gasteiger charge is -2.29. The number of aliphatic hydroxyl groups excluding tert-OH is 1. The van der Waals surface area contributed by atoms with Crippen molar-refractivity contribution in [1.29, 1.82) is 0 Å². The number of carbonyl (C=O) groups excluding carboxylic acids is 1. The van der Waals surface area contributed by atoms with Crippen LogP contribution in [0.2, 0.25) is 0 Å². The zero-order valence-electron chi connectivity index (χ0n) is 13.3. The summed E-state index contributed by atoms with van der Waals surface area (Å²) in [6, 6.07) is 1.68. The van der Waals surface area contributed by atoms with Gasteiger partial charge in [-0.1, -0.05) is 13.8 Å². The SMILES string of the molecule is CCC(CC)(CO)CNC(=O)c1cncc(OC(C)C)c1. The molecule has 21 heavy (non-hydrogen) atoms. The lowest BCUT2D eigenvalue weighted by atomic mass is 9.83. The minimum atomic E-state index is -0.255. The van der Waals surface area contributed by atoms with E-state index in [1.165, 1.54) is 6.20 Å². The molecule has 0 aromatic carbocycles. The molecule has 5 nitrogen and oxygen atoms in total. The highest BCUT2D eigenvalue weighted by molar-refractivity contribution is 5.94. The Labute approximate surface area is 126 Å². The van der Waals surface area contributed by atoms with E-state index >= 15 is 0 Å². The van der Waals surface area contributed by atoms with Gasteiger partial charge in [0, 0.05) is 18.2 Å². The normalized spacial score (nSPS) is 11.5. The molecule has 0 spiro atoms. The first-order chi connectivity index (χ1) is 9.96. The van der Waals surface area contributed by atoms with Gasteiger partial charge in [0.25, 0.3) is 5.91 Å². The van der Waals surface area contributed by atoms with Crippen molar-refractivity contribution in [2.75, 3.05) is 13.2 Å². The molecule has 0 aliphatic carbocycles. The van der Waals surface area contributed by atoms with E-state index in [9.17, 15) is 9.90 Å². The van der Waals surface area contributed by atoms with E-state index in [0.717, 1.165) is 12.8 Å². The van der Waals surface area contributed by atoms with Gasteiger partial charge in [0.15, 0.2) is 0 Å². The number of hydrogen-bond acceptors (Lipinski definition) is 4. The van der Waals surface area contributed by atoms with Gasteiger partial charge in [-0.2, -0.15) is 0 Å². The van der Waals surface area contributed by atoms with Gasteiger partial charge in [-0.3, -0.25) is 9.78 Å². The molecule has 0 fully saturated rings. The average molecular weight is 294 g/mol. The fourth-order valence-electron chi connectivity index (χ4n) is 2.03. The minimum Gasteiger partial charge on any atom is -0.489 e. The number of aliphatic hydroxyl groups is 1. The number of nitrogens with zero attached hydrogens (tertiary/aromatic N) is 1. The zero-order valence-corrected chi connectivity index (χ0v) is 13.3. The molecule has 0 unspecified atom stereocenters. The number of pyridine rings is 1. The Morgan fingerprint density at radius 1 is 1.38 bits per heavy atom. The summed E-state index contributed by atoms with van der Waals surface area (Å²) in [5, 5.41) is 12.4. The van der Waals surface area contributed by atoms with E-state index < -0.39 is 0 Å². The second-order valence-electron chi connectivity index (χ2n) is 5.62. The molecule has 118 valence electrons. The maximum absolute atomic E-state index is 12.2. The summed E-state index contributed by atoms with van der Waals surface area (Å²) in [4.78, 5) is 16.2. The summed E-state index contributed by atoms with van der Waals surface area (Å²) in [6.45, 7) is 8.39. The van der Waals surface area contributed by atoms with Crippen molar-refractivity contribution in [3.8, 4) is 5.75 Å². The van der Waals surface area contributed by atoms with Crippen LogP contribution in [0.3, 0.4) is 0 Å². The van der Waals surface area contributed by atoms with Crippen LogP contribution in [0.4, 0.5) is 0 Å². The molecular weight excluding hydrogens is 268 g/mol. The summed E-state index contributed by atoms with van der Waals surface area (Å²) >= 11 is 0. The summed E-state index contributed by atoms with van der Waals surface area (Å²) in [7, 11) is 0. The molecular formula is C16H26N2O3. The molecule has 1 aromatic rings. The minimum absolute atomic E-state index is 0.0346. The zero-order chi connectivity index (χ0) is 15.9. The highest BCUT2D eigenvalue weighted by atomic mass is 16.5. The smallest absolute Gasteiger partial charge is 0.253 e. The highest BCUT2D eigenvalue weighted by Gasteiger charge is 2.26. The first-order valence-electron chi connectivity index (χ1n) is 7.47. The second-order valence-corrected chi connectivity index (χ2v) is 5.62. The van der Waals surface area contributed by atoms with E-state index in [-0.39, 0.29) is 24.0 Å². The number of carbonyl (C=O) groups is 1. The maximum Gasteiger partial charge on any atom is 0.253 e. The van der Waals surface area contributed by atoms with Gasteiger partial charge in [-0.05, 0) is 32.8 Å². The van der Waals surface area contributed by atoms with Crippen molar-refractivity contribution in [3.05, 3.63) is 24.0 Å². The molecule has 0 saturated carbocycles. The van der Waals surface area contributed by atoms with Gasteiger partial charge >= 0.3 is 0 Å². The average Bonchev–Trinajstić information content (AvgIpc) is 2.48. The van der Waals surface area contributed by atoms with Crippen molar-refractivity contribution < 1.29 is 14.6 Å². The molecule has 1 amide bonds. The van der Waals surface area contributed by atoms with E-state index in [4.69, 9.17) is 4.74 Å². The molecule has 1 heterocycles. The molecule has 1 rings (SSSR count). The molecule has 5 heteroatoms. The van der Waals surface area contributed by atoms with Crippen molar-refractivity contribution in [2.24, 2.45) is 5.41 Å². The van der Waals surface area contributed by atoms with Crippen molar-refractivity contribution >= 4 is 5.91 Å². The molecule has 0 aliphatic heterocycles. The Kier molecular flexibility index (Phi) is 6.62. The maximum atomic E-state index is 12.2. The third-order valence-electron chi connectivity index (χ3n) is 3.81. The number of rotatable bonds is 8. The second kappa shape index (κ2) is 7.98. The van der Waals surface area contributed by atoms with Crippen LogP contribution >= 0.6 is 0 Å². The largest absolute Gasteiger partial charge is 0.489 e. The molecule has 0 radical (unpaired) electrons. The van der Waals surface area contributed by atoms with Crippen LogP contribution < -0.4 is 10.1 Å². The fraction of sp³-hybridized carbons (Fsp3) is 0.625. The topological polar surface area (TPSA) is 71.5 Å². The number of ether oxygens (including phenoxy) is 1. The third kappa shape index (κ3) is 5.01. The third-order valence-corrected chi connectivity index (χ3v) is 3.81. The Hall–Kier alpha value is -1.62. The van der Waals surface area contributed by atoms with Gasteiger partial charge in [0.05, 0.1) is 24.5 Å². The van der Waals surface area contributed by atoms with Gasteiger partial charge < -0.3 is 15.2 Å². The van der Waals surface area contributed by atoms with Crippen molar-refractivity contribution in [1.82, 2.24) is 10.3 Å². The lowest BCUT2D eigenvalue weighted by molar-refractivity contribution is 0.0850. The standard InChI is InChI=1S/C16H26N2O3/c1-5-16(6-2,11-19)10-18-15(20)13-7-14(9-17-8-13)21-12(3)4/h7-9,12,19H,5-6,10-11H2,1-4H3,(H,18,20). The van der Waals surface area contributed by atoms with Crippen LogP contribution in [0.25, 0.3) is 0 Å². The van der Waals surface area contributed by atoms with Crippen LogP contribution in [-0.2, 0) is 0 Å². The molecule has 0 bridgehead atoms. The Morgan fingerprint density at radius 2 is 2.05 bits per heavy atom. The first kappa shape index (κ1) is 17.4. The van der Waals surface area contributed by atoms with E-state index in [2.05, 4.69) is 10.3 Å². The van der Waals surface area contributed by atoms with E-state index in [1.54, 1.807) is 12.3 Å². The number of hydrogen-bond donors (Lipinski definition) is 2. The van der Waals surface area contributed by atoms with Crippen LogP contribution in [0, 0.1) is 5.41 Å². The fourth-order valence-corrected chi connectivity index (χ4v) is 2.03. The molecule has 0 aliphatic rings. The van der Waals surface area contributed by atoms with Gasteiger partial charge in [-0.25, -0.2) is 0 Å². The quantitative estimate of drug-likeness (QED) is 0.772. The van der Waals surface area contributed by atoms with Gasteiger partial charge in [0.1, 0.15) is 5.75 Å². The molecule has 0 saturated heterocycles. The number of aromatic nitrogens is 1. The Balaban J connectivity index is 2.71. The van der Waals surface area contributed by atoms with Gasteiger partial charge in [0.2, 0.25) is 0 Å². The predicted molar refractivity (Wildman–Crippen MR) is 82.4 cm³/mol. The Bertz CT molecular complexity index is 448. The lowest BCUT2D eigenvalue weighted by Crippen LogP contribution is -2.39. The summed E-state index contributed by atoms with van der Waals surface area (Å²) in [5.74, 6) is 0.383.